The molecule has 1 heterocycles. The summed E-state index contributed by atoms with van der Waals surface area (Å²) in [6.07, 6.45) is 4.93. The molecule has 0 aliphatic carbocycles. The van der Waals surface area contributed by atoms with E-state index >= 15 is 0 Å². The Hall–Kier alpha value is -1.49. The molecule has 0 aromatic heterocycles. The number of unbranched alkanes of at least 4 members (excludes halogenated alkanes) is 2. The minimum atomic E-state index is 0.307. The second kappa shape index (κ2) is 8.08. The predicted molar refractivity (Wildman–Crippen MR) is 88.7 cm³/mol. The van der Waals surface area contributed by atoms with Crippen molar-refractivity contribution in [3.8, 4) is 11.5 Å². The summed E-state index contributed by atoms with van der Waals surface area (Å²) >= 11 is 5.33. The molecule has 1 aliphatic heterocycles. The van der Waals surface area contributed by atoms with Crippen LogP contribution in [0, 0.1) is 0 Å². The van der Waals surface area contributed by atoms with Gasteiger partial charge in [-0.1, -0.05) is 32.3 Å². The summed E-state index contributed by atoms with van der Waals surface area (Å²) in [7, 11) is 0. The topological polar surface area (TPSA) is 42.5 Å². The van der Waals surface area contributed by atoms with Crippen molar-refractivity contribution in [2.24, 2.45) is 0 Å². The highest BCUT2D eigenvalue weighted by atomic mass is 32.1. The van der Waals surface area contributed by atoms with E-state index in [0.29, 0.717) is 24.5 Å². The molecule has 1 aromatic carbocycles. The van der Waals surface area contributed by atoms with Crippen molar-refractivity contribution >= 4 is 17.3 Å². The Kier molecular flexibility index (Phi) is 6.11. The van der Waals surface area contributed by atoms with Crippen LogP contribution in [0.25, 0.3) is 0 Å². The molecule has 0 spiro atoms. The summed E-state index contributed by atoms with van der Waals surface area (Å²) in [5, 5.41) is 7.27. The Bertz CT molecular complexity index is 479. The van der Waals surface area contributed by atoms with Crippen LogP contribution in [-0.4, -0.2) is 17.9 Å². The first-order chi connectivity index (χ1) is 10.2. The molecule has 0 saturated heterocycles. The van der Waals surface area contributed by atoms with Crippen LogP contribution in [0.2, 0.25) is 0 Å². The number of hydrogen-bond donors (Lipinski definition) is 2. The van der Waals surface area contributed by atoms with Crippen molar-refractivity contribution in [2.45, 2.75) is 52.1 Å². The van der Waals surface area contributed by atoms with E-state index in [4.69, 9.17) is 21.7 Å². The van der Waals surface area contributed by atoms with E-state index in [0.717, 1.165) is 23.5 Å². The monoisotopic (exact) mass is 308 g/mol. The molecule has 0 radical (unpaired) electrons. The number of hydrogen-bond acceptors (Lipinski definition) is 3. The molecule has 21 heavy (non-hydrogen) atoms. The van der Waals surface area contributed by atoms with Crippen molar-refractivity contribution in [1.29, 1.82) is 0 Å². The smallest absolute Gasteiger partial charge is 0.231 e. The molecule has 1 aromatic rings. The Labute approximate surface area is 132 Å². The lowest BCUT2D eigenvalue weighted by atomic mass is 10.1. The van der Waals surface area contributed by atoms with Gasteiger partial charge in [-0.25, -0.2) is 0 Å². The van der Waals surface area contributed by atoms with Crippen LogP contribution in [0.5, 0.6) is 11.5 Å². The lowest BCUT2D eigenvalue weighted by molar-refractivity contribution is 0.174. The molecule has 116 valence electrons. The third-order valence-corrected chi connectivity index (χ3v) is 3.77. The van der Waals surface area contributed by atoms with Crippen LogP contribution in [0.3, 0.4) is 0 Å². The average molecular weight is 308 g/mol. The van der Waals surface area contributed by atoms with E-state index < -0.39 is 0 Å². The van der Waals surface area contributed by atoms with Gasteiger partial charge in [0, 0.05) is 12.6 Å². The van der Waals surface area contributed by atoms with Crippen LogP contribution in [0.1, 0.15) is 45.1 Å². The average Bonchev–Trinajstić information content (AvgIpc) is 2.93. The normalized spacial score (nSPS) is 13.8. The molecule has 0 unspecified atom stereocenters. The number of thiocarbonyl (C=S) groups is 1. The fraction of sp³-hybridized carbons (Fsp3) is 0.562. The Morgan fingerprint density at radius 3 is 2.90 bits per heavy atom. The number of rotatable bonds is 7. The maximum Gasteiger partial charge on any atom is 0.231 e. The third kappa shape index (κ3) is 5.08. The standard InChI is InChI=1S/C16H24N2O2S/c1-3-4-5-6-12(2)18-16(21)17-10-13-7-8-14-15(9-13)20-11-19-14/h7-9,12H,3-6,10-11H2,1-2H3,(H2,17,18,21)/t12-/m1/s1. The lowest BCUT2D eigenvalue weighted by Crippen LogP contribution is -2.40. The Balaban J connectivity index is 1.71. The summed E-state index contributed by atoms with van der Waals surface area (Å²) in [5.41, 5.74) is 1.13. The highest BCUT2D eigenvalue weighted by Crippen LogP contribution is 2.32. The fourth-order valence-corrected chi connectivity index (χ4v) is 2.55. The maximum atomic E-state index is 5.37. The second-order valence-corrected chi connectivity index (χ2v) is 5.82. The van der Waals surface area contributed by atoms with E-state index in [1.165, 1.54) is 19.3 Å². The largest absolute Gasteiger partial charge is 0.454 e. The summed E-state index contributed by atoms with van der Waals surface area (Å²) in [6.45, 7) is 5.38. The molecular formula is C16H24N2O2S. The SMILES string of the molecule is CCCCC[C@@H](C)NC(=S)NCc1ccc2c(c1)OCO2. The van der Waals surface area contributed by atoms with Gasteiger partial charge in [-0.2, -0.15) is 0 Å². The zero-order valence-electron chi connectivity index (χ0n) is 12.8. The number of benzene rings is 1. The van der Waals surface area contributed by atoms with Crippen molar-refractivity contribution in [2.75, 3.05) is 6.79 Å². The molecule has 0 fully saturated rings. The maximum absolute atomic E-state index is 5.37. The van der Waals surface area contributed by atoms with Crippen molar-refractivity contribution in [3.05, 3.63) is 23.8 Å². The first-order valence-electron chi connectivity index (χ1n) is 7.62. The van der Waals surface area contributed by atoms with Gasteiger partial charge in [-0.05, 0) is 43.3 Å². The molecule has 1 aliphatic rings. The summed E-state index contributed by atoms with van der Waals surface area (Å²) in [6, 6.07) is 6.35. The van der Waals surface area contributed by atoms with E-state index in [-0.39, 0.29) is 0 Å². The highest BCUT2D eigenvalue weighted by molar-refractivity contribution is 7.80. The van der Waals surface area contributed by atoms with Crippen molar-refractivity contribution in [3.63, 3.8) is 0 Å². The first kappa shape index (κ1) is 15.9. The van der Waals surface area contributed by atoms with Crippen LogP contribution in [-0.2, 0) is 6.54 Å². The minimum Gasteiger partial charge on any atom is -0.454 e. The van der Waals surface area contributed by atoms with Gasteiger partial charge < -0.3 is 20.1 Å². The summed E-state index contributed by atoms with van der Waals surface area (Å²) < 4.78 is 10.7. The fourth-order valence-electron chi connectivity index (χ4n) is 2.28. The molecule has 2 rings (SSSR count). The predicted octanol–water partition coefficient (Wildman–Crippen LogP) is 3.35. The van der Waals surface area contributed by atoms with Gasteiger partial charge in [-0.3, -0.25) is 0 Å². The van der Waals surface area contributed by atoms with Crippen molar-refractivity contribution in [1.82, 2.24) is 10.6 Å². The molecule has 0 bridgehead atoms. The van der Waals surface area contributed by atoms with E-state index in [1.54, 1.807) is 0 Å². The Morgan fingerprint density at radius 2 is 2.10 bits per heavy atom. The number of nitrogens with one attached hydrogen (secondary N) is 2. The van der Waals surface area contributed by atoms with E-state index in [9.17, 15) is 0 Å². The molecule has 2 N–H and O–H groups in total. The van der Waals surface area contributed by atoms with Crippen molar-refractivity contribution < 1.29 is 9.47 Å². The van der Waals surface area contributed by atoms with E-state index in [2.05, 4.69) is 24.5 Å². The molecular weight excluding hydrogens is 284 g/mol. The molecule has 0 amide bonds. The zero-order valence-corrected chi connectivity index (χ0v) is 13.6. The lowest BCUT2D eigenvalue weighted by Gasteiger charge is -2.17. The van der Waals surface area contributed by atoms with Gasteiger partial charge in [0.15, 0.2) is 16.6 Å². The zero-order chi connectivity index (χ0) is 15.1. The van der Waals surface area contributed by atoms with Gasteiger partial charge in [0.2, 0.25) is 6.79 Å². The van der Waals surface area contributed by atoms with Gasteiger partial charge in [0.25, 0.3) is 0 Å². The third-order valence-electron chi connectivity index (χ3n) is 3.51. The van der Waals surface area contributed by atoms with Crippen LogP contribution in [0.4, 0.5) is 0 Å². The van der Waals surface area contributed by atoms with E-state index in [1.807, 2.05) is 18.2 Å². The van der Waals surface area contributed by atoms with Crippen LogP contribution >= 0.6 is 12.2 Å². The number of fused-ring (bicyclic) bond motifs is 1. The molecule has 0 saturated carbocycles. The quantitative estimate of drug-likeness (QED) is 0.597. The number of ether oxygens (including phenoxy) is 2. The molecule has 4 nitrogen and oxygen atoms in total. The summed E-state index contributed by atoms with van der Waals surface area (Å²) in [4.78, 5) is 0. The molecule has 1 atom stereocenters. The first-order valence-corrected chi connectivity index (χ1v) is 8.02. The molecule has 5 heteroatoms. The second-order valence-electron chi connectivity index (χ2n) is 5.41. The van der Waals surface area contributed by atoms with Crippen LogP contribution < -0.4 is 20.1 Å². The van der Waals surface area contributed by atoms with Gasteiger partial charge in [0.1, 0.15) is 0 Å². The minimum absolute atomic E-state index is 0.307. The highest BCUT2D eigenvalue weighted by Gasteiger charge is 2.13. The Morgan fingerprint density at radius 1 is 1.29 bits per heavy atom. The summed E-state index contributed by atoms with van der Waals surface area (Å²) in [5.74, 6) is 1.62. The van der Waals surface area contributed by atoms with Crippen LogP contribution in [0.15, 0.2) is 18.2 Å². The van der Waals surface area contributed by atoms with Gasteiger partial charge >= 0.3 is 0 Å². The van der Waals surface area contributed by atoms with Gasteiger partial charge in [0.05, 0.1) is 0 Å². The van der Waals surface area contributed by atoms with Gasteiger partial charge in [-0.15, -0.1) is 0 Å².